The van der Waals surface area contributed by atoms with Gasteiger partial charge in [0.25, 0.3) is 0 Å². The highest BCUT2D eigenvalue weighted by Crippen LogP contribution is 2.17. The fourth-order valence-electron chi connectivity index (χ4n) is 1.26. The van der Waals surface area contributed by atoms with Gasteiger partial charge in [0.15, 0.2) is 0 Å². The van der Waals surface area contributed by atoms with Crippen molar-refractivity contribution >= 4 is 0 Å². The zero-order valence-corrected chi connectivity index (χ0v) is 16.8. The van der Waals surface area contributed by atoms with Crippen LogP contribution in [0.3, 0.4) is 0 Å². The second-order valence-corrected chi connectivity index (χ2v) is 3.73. The molecule has 0 saturated heterocycles. The lowest BCUT2D eigenvalue weighted by Crippen LogP contribution is -1.73. The first-order chi connectivity index (χ1) is 11.8. The second kappa shape index (κ2) is 25.5. The number of hydrogen-bond donors (Lipinski definition) is 0. The number of benzene rings is 2. The molecule has 0 aliphatic heterocycles. The average Bonchev–Trinajstić information content (AvgIpc) is 2.72. The monoisotopic (exact) mass is 322 g/mol. The lowest BCUT2D eigenvalue weighted by atomic mass is 10.1. The molecule has 2 aromatic carbocycles. The molecular formula is C24H34. The highest BCUT2D eigenvalue weighted by molar-refractivity contribution is 5.62. The summed E-state index contributed by atoms with van der Waals surface area (Å²) < 4.78 is 0. The van der Waals surface area contributed by atoms with Crippen molar-refractivity contribution in [2.75, 3.05) is 0 Å². The molecule has 0 nitrogen and oxygen atoms in total. The van der Waals surface area contributed by atoms with Crippen LogP contribution >= 0.6 is 0 Å². The molecule has 2 rings (SSSR count). The summed E-state index contributed by atoms with van der Waals surface area (Å²) in [6.45, 7) is 15.3. The van der Waals surface area contributed by atoms with Crippen molar-refractivity contribution in [2.24, 2.45) is 0 Å². The molecule has 0 spiro atoms. The van der Waals surface area contributed by atoms with Crippen LogP contribution in [0.4, 0.5) is 0 Å². The van der Waals surface area contributed by atoms with Crippen molar-refractivity contribution in [1.29, 1.82) is 0 Å². The molecule has 0 unspecified atom stereocenters. The normalized spacial score (nSPS) is 6.50. The van der Waals surface area contributed by atoms with Crippen molar-refractivity contribution < 1.29 is 0 Å². The van der Waals surface area contributed by atoms with E-state index in [-0.39, 0.29) is 0 Å². The Kier molecular flexibility index (Phi) is 28.1. The molecule has 0 atom stereocenters. The van der Waals surface area contributed by atoms with E-state index in [1.54, 1.807) is 0 Å². The topological polar surface area (TPSA) is 0 Å². The smallest absolute Gasteiger partial charge is 0.00271 e. The summed E-state index contributed by atoms with van der Waals surface area (Å²) >= 11 is 0. The Morgan fingerprint density at radius 3 is 0.792 bits per heavy atom. The lowest BCUT2D eigenvalue weighted by Gasteiger charge is -1.98. The van der Waals surface area contributed by atoms with Gasteiger partial charge < -0.3 is 0 Å². The first-order valence-electron chi connectivity index (χ1n) is 8.57. The van der Waals surface area contributed by atoms with Gasteiger partial charge >= 0.3 is 0 Å². The zero-order chi connectivity index (χ0) is 19.1. The molecule has 0 aliphatic carbocycles. The highest BCUT2D eigenvalue weighted by Gasteiger charge is 1.91. The van der Waals surface area contributed by atoms with Crippen LogP contribution < -0.4 is 0 Å². The van der Waals surface area contributed by atoms with Crippen LogP contribution in [0.2, 0.25) is 0 Å². The van der Waals surface area contributed by atoms with E-state index < -0.39 is 0 Å². The van der Waals surface area contributed by atoms with Gasteiger partial charge in [-0.05, 0) is 38.8 Å². The van der Waals surface area contributed by atoms with Gasteiger partial charge in [0.2, 0.25) is 0 Å². The van der Waals surface area contributed by atoms with E-state index in [0.717, 1.165) is 0 Å². The Labute approximate surface area is 151 Å². The van der Waals surface area contributed by atoms with Crippen LogP contribution in [0.1, 0.15) is 55.4 Å². The van der Waals surface area contributed by atoms with Gasteiger partial charge in [-0.3, -0.25) is 0 Å². The maximum absolute atomic E-state index is 2.68. The SMILES string of the molecule is CC.CC.CC#CC.CC#CC.c1ccc(-c2ccccc2)cc1. The van der Waals surface area contributed by atoms with Gasteiger partial charge in [0, 0.05) is 0 Å². The summed E-state index contributed by atoms with van der Waals surface area (Å²) in [5.74, 6) is 10.7. The molecule has 0 heteroatoms. The minimum atomic E-state index is 1.28. The largest absolute Gasteiger partial charge is 0.107 e. The molecule has 130 valence electrons. The fourth-order valence-corrected chi connectivity index (χ4v) is 1.26. The molecule has 24 heavy (non-hydrogen) atoms. The summed E-state index contributed by atoms with van der Waals surface area (Å²) in [4.78, 5) is 0. The maximum atomic E-state index is 2.68. The van der Waals surface area contributed by atoms with Gasteiger partial charge in [-0.2, -0.15) is 0 Å². The molecule has 0 saturated carbocycles. The Morgan fingerprint density at radius 2 is 0.625 bits per heavy atom. The molecule has 0 heterocycles. The maximum Gasteiger partial charge on any atom is -0.00271 e. The summed E-state index contributed by atoms with van der Waals surface area (Å²) in [7, 11) is 0. The van der Waals surface area contributed by atoms with Gasteiger partial charge in [-0.15, -0.1) is 23.7 Å². The molecular weight excluding hydrogens is 288 g/mol. The third-order valence-electron chi connectivity index (χ3n) is 2.38. The summed E-state index contributed by atoms with van der Waals surface area (Å²) in [6, 6.07) is 20.8. The van der Waals surface area contributed by atoms with E-state index in [9.17, 15) is 0 Å². The summed E-state index contributed by atoms with van der Waals surface area (Å²) in [5.41, 5.74) is 2.55. The van der Waals surface area contributed by atoms with E-state index >= 15 is 0 Å². The molecule has 0 bridgehead atoms. The van der Waals surface area contributed by atoms with Crippen LogP contribution in [-0.2, 0) is 0 Å². The minimum absolute atomic E-state index is 1.28. The molecule has 0 aliphatic rings. The summed E-state index contributed by atoms with van der Waals surface area (Å²) in [5, 5.41) is 0. The highest BCUT2D eigenvalue weighted by atomic mass is 14.0. The molecule has 2 aromatic rings. The van der Waals surface area contributed by atoms with E-state index in [1.165, 1.54) is 11.1 Å². The molecule has 0 fully saturated rings. The van der Waals surface area contributed by atoms with Gasteiger partial charge in [0.05, 0.1) is 0 Å². The fraction of sp³-hybridized carbons (Fsp3) is 0.333. The first-order valence-corrected chi connectivity index (χ1v) is 8.57. The van der Waals surface area contributed by atoms with Crippen LogP contribution in [0.25, 0.3) is 11.1 Å². The molecule has 0 N–H and O–H groups in total. The summed E-state index contributed by atoms with van der Waals surface area (Å²) in [6.07, 6.45) is 0. The van der Waals surface area contributed by atoms with Crippen molar-refractivity contribution in [3.8, 4) is 34.8 Å². The van der Waals surface area contributed by atoms with E-state index in [0.29, 0.717) is 0 Å². The van der Waals surface area contributed by atoms with Crippen LogP contribution in [-0.4, -0.2) is 0 Å². The number of rotatable bonds is 1. The molecule has 0 aromatic heterocycles. The Balaban J connectivity index is -0.000000310. The second-order valence-electron chi connectivity index (χ2n) is 3.73. The van der Waals surface area contributed by atoms with E-state index in [1.807, 2.05) is 67.5 Å². The van der Waals surface area contributed by atoms with Crippen molar-refractivity contribution in [3.63, 3.8) is 0 Å². The third kappa shape index (κ3) is 17.6. The molecule has 0 radical (unpaired) electrons. The quantitative estimate of drug-likeness (QED) is 0.478. The Hall–Kier alpha value is -2.44. The van der Waals surface area contributed by atoms with Crippen molar-refractivity contribution in [1.82, 2.24) is 0 Å². The van der Waals surface area contributed by atoms with Crippen LogP contribution in [0, 0.1) is 23.7 Å². The third-order valence-corrected chi connectivity index (χ3v) is 2.38. The minimum Gasteiger partial charge on any atom is -0.107 e. The van der Waals surface area contributed by atoms with Crippen LogP contribution in [0.5, 0.6) is 0 Å². The zero-order valence-electron chi connectivity index (χ0n) is 16.8. The predicted octanol–water partition coefficient (Wildman–Crippen LogP) is 7.47. The Morgan fingerprint density at radius 1 is 0.417 bits per heavy atom. The van der Waals surface area contributed by atoms with Crippen LogP contribution in [0.15, 0.2) is 60.7 Å². The van der Waals surface area contributed by atoms with Gasteiger partial charge in [0.1, 0.15) is 0 Å². The molecule has 0 amide bonds. The van der Waals surface area contributed by atoms with E-state index in [4.69, 9.17) is 0 Å². The lowest BCUT2D eigenvalue weighted by molar-refractivity contribution is 1.50. The first kappa shape index (κ1) is 26.5. The Bertz CT molecular complexity index is 490. The number of hydrogen-bond acceptors (Lipinski definition) is 0. The van der Waals surface area contributed by atoms with Crippen molar-refractivity contribution in [2.45, 2.75) is 55.4 Å². The van der Waals surface area contributed by atoms with E-state index in [2.05, 4.69) is 72.2 Å². The van der Waals surface area contributed by atoms with Gasteiger partial charge in [-0.25, -0.2) is 0 Å². The van der Waals surface area contributed by atoms with Gasteiger partial charge in [-0.1, -0.05) is 88.4 Å². The predicted molar refractivity (Wildman–Crippen MR) is 113 cm³/mol. The average molecular weight is 323 g/mol. The standard InChI is InChI=1S/C12H10.2C4H6.2C2H6/c1-3-7-11(8-4-1)12-9-5-2-6-10-12;2*1-3-4-2;2*1-2/h1-10H;2*1-2H3;2*1-2H3. The van der Waals surface area contributed by atoms with Crippen molar-refractivity contribution in [3.05, 3.63) is 60.7 Å².